The van der Waals surface area contributed by atoms with Crippen LogP contribution in [0.15, 0.2) is 0 Å². The molecule has 2 fully saturated rings. The van der Waals surface area contributed by atoms with E-state index in [2.05, 4.69) is 4.89 Å². The lowest BCUT2D eigenvalue weighted by Gasteiger charge is -2.35. The second-order valence-electron chi connectivity index (χ2n) is 5.15. The molecule has 1 aliphatic carbocycles. The minimum atomic E-state index is -1.13. The highest BCUT2D eigenvalue weighted by molar-refractivity contribution is 5.91. The van der Waals surface area contributed by atoms with Gasteiger partial charge < -0.3 is 9.47 Å². The molecule has 0 aromatic heterocycles. The Morgan fingerprint density at radius 1 is 1.56 bits per heavy atom. The Bertz CT molecular complexity index is 381. The van der Waals surface area contributed by atoms with Crippen LogP contribution in [0.1, 0.15) is 33.6 Å². The highest BCUT2D eigenvalue weighted by atomic mass is 17.2. The largest absolute Gasteiger partial charge is 0.358 e. The lowest BCUT2D eigenvalue weighted by atomic mass is 9.78. The summed E-state index contributed by atoms with van der Waals surface area (Å²) < 4.78 is 10.7. The SMILES string of the molecule is COC(C)(OOC(C)=O)[C@@H]1CC(=O)[C@@]2(C)O[C@H]2C1. The standard InChI is InChI=1S/C12H18O6/c1-7(13)17-18-12(3,15-4)8-5-9(14)11(2)10(6-8)16-11/h8,10H,5-6H2,1-4H3/t8-,10+,11-,12?/m1/s1. The fourth-order valence-corrected chi connectivity index (χ4v) is 2.36. The Labute approximate surface area is 105 Å². The summed E-state index contributed by atoms with van der Waals surface area (Å²) in [5.41, 5.74) is -0.618. The number of methoxy groups -OCH3 is 1. The summed E-state index contributed by atoms with van der Waals surface area (Å²) in [5.74, 6) is -1.85. The molecule has 0 bridgehead atoms. The van der Waals surface area contributed by atoms with Gasteiger partial charge in [-0.3, -0.25) is 9.68 Å². The highest BCUT2D eigenvalue weighted by Crippen LogP contribution is 2.50. The lowest BCUT2D eigenvalue weighted by molar-refractivity contribution is -0.408. The van der Waals surface area contributed by atoms with E-state index in [-0.39, 0.29) is 17.8 Å². The Morgan fingerprint density at radius 2 is 2.22 bits per heavy atom. The minimum absolute atomic E-state index is 0.0402. The van der Waals surface area contributed by atoms with Crippen molar-refractivity contribution in [2.75, 3.05) is 7.11 Å². The lowest BCUT2D eigenvalue weighted by Crippen LogP contribution is -2.46. The molecule has 0 spiro atoms. The van der Waals surface area contributed by atoms with Gasteiger partial charge >= 0.3 is 5.97 Å². The maximum Gasteiger partial charge on any atom is 0.339 e. The average molecular weight is 258 g/mol. The van der Waals surface area contributed by atoms with E-state index in [0.717, 1.165) is 0 Å². The van der Waals surface area contributed by atoms with Gasteiger partial charge in [0.15, 0.2) is 5.78 Å². The molecule has 1 saturated carbocycles. The van der Waals surface area contributed by atoms with Crippen molar-refractivity contribution in [3.63, 3.8) is 0 Å². The zero-order valence-corrected chi connectivity index (χ0v) is 11.0. The van der Waals surface area contributed by atoms with Crippen molar-refractivity contribution >= 4 is 11.8 Å². The van der Waals surface area contributed by atoms with Crippen LogP contribution in [0.25, 0.3) is 0 Å². The van der Waals surface area contributed by atoms with E-state index in [1.165, 1.54) is 14.0 Å². The van der Waals surface area contributed by atoms with Crippen molar-refractivity contribution in [3.05, 3.63) is 0 Å². The van der Waals surface area contributed by atoms with Crippen molar-refractivity contribution < 1.29 is 28.8 Å². The summed E-state index contributed by atoms with van der Waals surface area (Å²) in [6.45, 7) is 4.69. The molecule has 2 rings (SSSR count). The molecule has 4 atom stereocenters. The number of ether oxygens (including phenoxy) is 2. The Kier molecular flexibility index (Phi) is 3.21. The zero-order valence-electron chi connectivity index (χ0n) is 11.0. The first kappa shape index (κ1) is 13.5. The number of hydrogen-bond donors (Lipinski definition) is 0. The topological polar surface area (TPSA) is 74.4 Å². The van der Waals surface area contributed by atoms with E-state index in [0.29, 0.717) is 12.8 Å². The molecule has 1 heterocycles. The van der Waals surface area contributed by atoms with Crippen LogP contribution >= 0.6 is 0 Å². The van der Waals surface area contributed by atoms with Crippen LogP contribution in [0.2, 0.25) is 0 Å². The molecule has 0 radical (unpaired) electrons. The molecule has 1 unspecified atom stereocenters. The van der Waals surface area contributed by atoms with Crippen molar-refractivity contribution in [3.8, 4) is 0 Å². The Balaban J connectivity index is 2.04. The van der Waals surface area contributed by atoms with Gasteiger partial charge in [-0.25, -0.2) is 4.79 Å². The first-order chi connectivity index (χ1) is 8.32. The van der Waals surface area contributed by atoms with E-state index in [1.807, 2.05) is 0 Å². The van der Waals surface area contributed by atoms with Crippen molar-refractivity contribution in [1.82, 2.24) is 0 Å². The number of fused-ring (bicyclic) bond motifs is 1. The van der Waals surface area contributed by atoms with Gasteiger partial charge in [0, 0.05) is 26.4 Å². The maximum absolute atomic E-state index is 11.9. The average Bonchev–Trinajstić information content (AvgIpc) is 2.99. The fraction of sp³-hybridized carbons (Fsp3) is 0.833. The van der Waals surface area contributed by atoms with Crippen LogP contribution in [0, 0.1) is 5.92 Å². The summed E-state index contributed by atoms with van der Waals surface area (Å²) in [6, 6.07) is 0. The minimum Gasteiger partial charge on any atom is -0.358 e. The molecule has 0 aromatic carbocycles. The monoisotopic (exact) mass is 258 g/mol. The fourth-order valence-electron chi connectivity index (χ4n) is 2.36. The van der Waals surface area contributed by atoms with E-state index < -0.39 is 17.4 Å². The molecule has 0 N–H and O–H groups in total. The summed E-state index contributed by atoms with van der Waals surface area (Å²) >= 11 is 0. The van der Waals surface area contributed by atoms with E-state index in [4.69, 9.17) is 14.4 Å². The van der Waals surface area contributed by atoms with Crippen LogP contribution in [0.5, 0.6) is 0 Å². The zero-order chi connectivity index (χ0) is 13.6. The number of Topliss-reactive ketones (excluding diaryl/α,β-unsaturated/α-hetero) is 1. The van der Waals surface area contributed by atoms with Crippen LogP contribution in [-0.4, -0.2) is 36.4 Å². The molecule has 1 saturated heterocycles. The van der Waals surface area contributed by atoms with Gasteiger partial charge in [0.25, 0.3) is 0 Å². The third-order valence-electron chi connectivity index (χ3n) is 3.90. The van der Waals surface area contributed by atoms with Crippen molar-refractivity contribution in [2.24, 2.45) is 5.92 Å². The van der Waals surface area contributed by atoms with Gasteiger partial charge in [-0.2, -0.15) is 0 Å². The van der Waals surface area contributed by atoms with Gasteiger partial charge in [-0.05, 0) is 20.3 Å². The molecule has 102 valence electrons. The van der Waals surface area contributed by atoms with Crippen LogP contribution in [-0.2, 0) is 28.8 Å². The molecule has 6 nitrogen and oxygen atoms in total. The van der Waals surface area contributed by atoms with Crippen LogP contribution < -0.4 is 0 Å². The Morgan fingerprint density at radius 3 is 2.72 bits per heavy atom. The predicted molar refractivity (Wildman–Crippen MR) is 59.3 cm³/mol. The van der Waals surface area contributed by atoms with Gasteiger partial charge in [0.05, 0.1) is 6.10 Å². The summed E-state index contributed by atoms with van der Waals surface area (Å²) in [6.07, 6.45) is 0.853. The number of ketones is 1. The van der Waals surface area contributed by atoms with E-state index in [9.17, 15) is 9.59 Å². The van der Waals surface area contributed by atoms with Crippen molar-refractivity contribution in [2.45, 2.75) is 51.1 Å². The maximum atomic E-state index is 11.9. The number of carbonyl (C=O) groups is 2. The van der Waals surface area contributed by atoms with Gasteiger partial charge in [-0.15, -0.1) is 4.89 Å². The van der Waals surface area contributed by atoms with Gasteiger partial charge in [0.2, 0.25) is 5.79 Å². The smallest absolute Gasteiger partial charge is 0.339 e. The van der Waals surface area contributed by atoms with Crippen LogP contribution in [0.3, 0.4) is 0 Å². The third kappa shape index (κ3) is 2.15. The number of carbonyl (C=O) groups excluding carboxylic acids is 2. The molecule has 18 heavy (non-hydrogen) atoms. The summed E-state index contributed by atoms with van der Waals surface area (Å²) in [4.78, 5) is 32.3. The number of rotatable bonds is 4. The number of epoxide rings is 1. The van der Waals surface area contributed by atoms with Gasteiger partial charge in [-0.1, -0.05) is 0 Å². The quantitative estimate of drug-likeness (QED) is 0.324. The van der Waals surface area contributed by atoms with Gasteiger partial charge in [0.1, 0.15) is 5.60 Å². The first-order valence-electron chi connectivity index (χ1n) is 5.94. The molecular weight excluding hydrogens is 240 g/mol. The second kappa shape index (κ2) is 4.29. The highest BCUT2D eigenvalue weighted by Gasteiger charge is 2.64. The third-order valence-corrected chi connectivity index (χ3v) is 3.90. The van der Waals surface area contributed by atoms with E-state index in [1.54, 1.807) is 13.8 Å². The molecular formula is C12H18O6. The summed E-state index contributed by atoms with van der Waals surface area (Å²) in [7, 11) is 1.45. The molecule has 2 aliphatic rings. The number of hydrogen-bond acceptors (Lipinski definition) is 6. The van der Waals surface area contributed by atoms with Crippen molar-refractivity contribution in [1.29, 1.82) is 0 Å². The molecule has 0 aromatic rings. The van der Waals surface area contributed by atoms with Crippen LogP contribution in [0.4, 0.5) is 0 Å². The predicted octanol–water partition coefficient (Wildman–Crippen LogP) is 0.980. The first-order valence-corrected chi connectivity index (χ1v) is 5.94. The molecule has 1 aliphatic heterocycles. The molecule has 0 amide bonds. The molecule has 6 heteroatoms. The second-order valence-corrected chi connectivity index (χ2v) is 5.15. The van der Waals surface area contributed by atoms with E-state index >= 15 is 0 Å². The normalized spacial score (nSPS) is 37.7. The summed E-state index contributed by atoms with van der Waals surface area (Å²) in [5, 5.41) is 0. The Hall–Kier alpha value is -0.980.